The van der Waals surface area contributed by atoms with Crippen molar-refractivity contribution in [3.05, 3.63) is 52.6 Å². The highest BCUT2D eigenvalue weighted by molar-refractivity contribution is 5.29. The number of aromatic amines is 1. The predicted octanol–water partition coefficient (Wildman–Crippen LogP) is 3.08. The van der Waals surface area contributed by atoms with Crippen molar-refractivity contribution >= 4 is 0 Å². The van der Waals surface area contributed by atoms with Crippen LogP contribution in [0.5, 0.6) is 0 Å². The fourth-order valence-corrected chi connectivity index (χ4v) is 2.95. The van der Waals surface area contributed by atoms with Gasteiger partial charge in [-0.25, -0.2) is 4.98 Å². The van der Waals surface area contributed by atoms with Gasteiger partial charge in [0.25, 0.3) is 0 Å². The van der Waals surface area contributed by atoms with Gasteiger partial charge in [-0.3, -0.25) is 0 Å². The van der Waals surface area contributed by atoms with E-state index < -0.39 is 11.7 Å². The van der Waals surface area contributed by atoms with Crippen molar-refractivity contribution < 1.29 is 13.2 Å². The highest BCUT2D eigenvalue weighted by atomic mass is 19.4. The highest BCUT2D eigenvalue weighted by Gasteiger charge is 2.30. The molecule has 22 heavy (non-hydrogen) atoms. The Bertz CT molecular complexity index is 661. The molecule has 0 bridgehead atoms. The first-order chi connectivity index (χ1) is 10.5. The lowest BCUT2D eigenvalue weighted by Crippen LogP contribution is -2.22. The standard InChI is InChI=1S/C16H18F3N3/c17-16(18,19)12-3-1-2-10(6-12)8-15-21-13-5-4-11(9-20)7-14(13)22-15/h1-3,6,11H,4-5,7-9,20H2,(H,21,22). The maximum atomic E-state index is 12.7. The molecule has 3 N–H and O–H groups in total. The van der Waals surface area contributed by atoms with Gasteiger partial charge in [0, 0.05) is 12.1 Å². The van der Waals surface area contributed by atoms with Gasteiger partial charge in [-0.15, -0.1) is 0 Å². The van der Waals surface area contributed by atoms with Crippen molar-refractivity contribution in [1.82, 2.24) is 9.97 Å². The van der Waals surface area contributed by atoms with Gasteiger partial charge >= 0.3 is 6.18 Å². The normalized spacial score (nSPS) is 18.3. The molecule has 1 heterocycles. The number of aromatic nitrogens is 2. The number of hydrogen-bond donors (Lipinski definition) is 2. The third-order valence-corrected chi connectivity index (χ3v) is 4.15. The number of rotatable bonds is 3. The molecule has 1 aromatic heterocycles. The van der Waals surface area contributed by atoms with E-state index in [1.165, 1.54) is 12.1 Å². The van der Waals surface area contributed by atoms with Crippen LogP contribution in [0.2, 0.25) is 0 Å². The van der Waals surface area contributed by atoms with E-state index in [4.69, 9.17) is 5.73 Å². The van der Waals surface area contributed by atoms with E-state index in [1.54, 1.807) is 6.07 Å². The lowest BCUT2D eigenvalue weighted by molar-refractivity contribution is -0.137. The van der Waals surface area contributed by atoms with E-state index in [-0.39, 0.29) is 0 Å². The number of benzene rings is 1. The molecule has 118 valence electrons. The van der Waals surface area contributed by atoms with Gasteiger partial charge in [0.1, 0.15) is 5.82 Å². The molecule has 0 amide bonds. The molecule has 3 rings (SSSR count). The number of H-pyrrole nitrogens is 1. The molecule has 0 saturated carbocycles. The van der Waals surface area contributed by atoms with E-state index >= 15 is 0 Å². The maximum Gasteiger partial charge on any atom is 0.416 e. The third-order valence-electron chi connectivity index (χ3n) is 4.15. The topological polar surface area (TPSA) is 54.7 Å². The number of nitrogens with two attached hydrogens (primary N) is 1. The summed E-state index contributed by atoms with van der Waals surface area (Å²) in [4.78, 5) is 7.79. The Kier molecular flexibility index (Phi) is 3.95. The zero-order valence-corrected chi connectivity index (χ0v) is 12.1. The van der Waals surface area contributed by atoms with E-state index in [2.05, 4.69) is 9.97 Å². The Morgan fingerprint density at radius 3 is 2.86 bits per heavy atom. The maximum absolute atomic E-state index is 12.7. The van der Waals surface area contributed by atoms with Gasteiger partial charge in [0.15, 0.2) is 0 Å². The Morgan fingerprint density at radius 2 is 2.14 bits per heavy atom. The smallest absolute Gasteiger partial charge is 0.345 e. The number of nitrogens with one attached hydrogen (secondary N) is 1. The minimum atomic E-state index is -4.31. The van der Waals surface area contributed by atoms with Crippen molar-refractivity contribution in [2.45, 2.75) is 31.9 Å². The molecule has 0 spiro atoms. The summed E-state index contributed by atoms with van der Waals surface area (Å²) in [5.74, 6) is 1.19. The second kappa shape index (κ2) is 5.76. The van der Waals surface area contributed by atoms with Crippen molar-refractivity contribution in [1.29, 1.82) is 0 Å². The summed E-state index contributed by atoms with van der Waals surface area (Å²) >= 11 is 0. The molecule has 0 radical (unpaired) electrons. The van der Waals surface area contributed by atoms with Crippen LogP contribution in [0.25, 0.3) is 0 Å². The number of imidazole rings is 1. The minimum absolute atomic E-state index is 0.379. The van der Waals surface area contributed by atoms with Crippen LogP contribution in [0.4, 0.5) is 13.2 Å². The van der Waals surface area contributed by atoms with Gasteiger partial charge in [-0.2, -0.15) is 13.2 Å². The second-order valence-electron chi connectivity index (χ2n) is 5.83. The Balaban J connectivity index is 1.79. The van der Waals surface area contributed by atoms with Crippen molar-refractivity contribution in [2.24, 2.45) is 11.7 Å². The summed E-state index contributed by atoms with van der Waals surface area (Å²) in [6, 6.07) is 5.40. The van der Waals surface area contributed by atoms with Gasteiger partial charge < -0.3 is 10.7 Å². The van der Waals surface area contributed by atoms with E-state index in [9.17, 15) is 13.2 Å². The first kappa shape index (κ1) is 15.1. The van der Waals surface area contributed by atoms with Crippen LogP contribution in [0.3, 0.4) is 0 Å². The van der Waals surface area contributed by atoms with Crippen LogP contribution >= 0.6 is 0 Å². The Morgan fingerprint density at radius 1 is 1.32 bits per heavy atom. The average Bonchev–Trinajstić information content (AvgIpc) is 2.87. The van der Waals surface area contributed by atoms with Crippen molar-refractivity contribution in [3.8, 4) is 0 Å². The van der Waals surface area contributed by atoms with E-state index in [0.29, 0.717) is 24.4 Å². The molecule has 1 atom stereocenters. The lowest BCUT2D eigenvalue weighted by Gasteiger charge is -2.18. The first-order valence-corrected chi connectivity index (χ1v) is 7.38. The summed E-state index contributed by atoms with van der Waals surface area (Å²) in [6.07, 6.45) is -1.15. The third kappa shape index (κ3) is 3.16. The number of halogens is 3. The lowest BCUT2D eigenvalue weighted by atomic mass is 9.90. The molecule has 0 fully saturated rings. The van der Waals surface area contributed by atoms with Gasteiger partial charge in [-0.1, -0.05) is 18.2 Å². The molecule has 2 aromatic rings. The molecule has 6 heteroatoms. The van der Waals surface area contributed by atoms with Gasteiger partial charge in [0.05, 0.1) is 11.3 Å². The number of aryl methyl sites for hydroxylation is 1. The van der Waals surface area contributed by atoms with Crippen LogP contribution < -0.4 is 5.73 Å². The Labute approximate surface area is 126 Å². The molecule has 1 aliphatic rings. The minimum Gasteiger partial charge on any atom is -0.345 e. The quantitative estimate of drug-likeness (QED) is 0.915. The molecule has 1 aromatic carbocycles. The summed E-state index contributed by atoms with van der Waals surface area (Å²) in [6.45, 7) is 0.654. The molecular formula is C16H18F3N3. The molecule has 0 saturated heterocycles. The van der Waals surface area contributed by atoms with Crippen molar-refractivity contribution in [3.63, 3.8) is 0 Å². The number of alkyl halides is 3. The largest absolute Gasteiger partial charge is 0.416 e. The molecule has 3 nitrogen and oxygen atoms in total. The van der Waals surface area contributed by atoms with Crippen LogP contribution in [0, 0.1) is 5.92 Å². The summed E-state index contributed by atoms with van der Waals surface area (Å²) in [5, 5.41) is 0. The summed E-state index contributed by atoms with van der Waals surface area (Å²) in [7, 11) is 0. The van der Waals surface area contributed by atoms with E-state index in [0.717, 1.165) is 42.5 Å². The predicted molar refractivity (Wildman–Crippen MR) is 77.4 cm³/mol. The van der Waals surface area contributed by atoms with Crippen LogP contribution in [0.1, 0.15) is 34.8 Å². The second-order valence-corrected chi connectivity index (χ2v) is 5.83. The number of hydrogen-bond acceptors (Lipinski definition) is 2. The zero-order valence-electron chi connectivity index (χ0n) is 12.1. The van der Waals surface area contributed by atoms with Crippen LogP contribution in [-0.4, -0.2) is 16.5 Å². The highest BCUT2D eigenvalue weighted by Crippen LogP contribution is 2.30. The average molecular weight is 309 g/mol. The van der Waals surface area contributed by atoms with Crippen molar-refractivity contribution in [2.75, 3.05) is 6.54 Å². The SMILES string of the molecule is NCC1CCc2nc(Cc3cccc(C(F)(F)F)c3)[nH]c2C1. The van der Waals surface area contributed by atoms with Gasteiger partial charge in [0.2, 0.25) is 0 Å². The summed E-state index contributed by atoms with van der Waals surface area (Å²) < 4.78 is 38.2. The molecule has 0 aliphatic heterocycles. The van der Waals surface area contributed by atoms with Crippen LogP contribution in [0.15, 0.2) is 24.3 Å². The first-order valence-electron chi connectivity index (χ1n) is 7.38. The fraction of sp³-hybridized carbons (Fsp3) is 0.438. The zero-order chi connectivity index (χ0) is 15.7. The molecule has 1 unspecified atom stereocenters. The Hall–Kier alpha value is -1.82. The van der Waals surface area contributed by atoms with Crippen LogP contribution in [-0.2, 0) is 25.4 Å². The molecular weight excluding hydrogens is 291 g/mol. The fourth-order valence-electron chi connectivity index (χ4n) is 2.95. The number of nitrogens with zero attached hydrogens (tertiary/aromatic N) is 1. The monoisotopic (exact) mass is 309 g/mol. The summed E-state index contributed by atoms with van der Waals surface area (Å²) in [5.41, 5.74) is 7.81. The van der Waals surface area contributed by atoms with E-state index in [1.807, 2.05) is 0 Å². The molecule has 1 aliphatic carbocycles. The number of fused-ring (bicyclic) bond motifs is 1. The van der Waals surface area contributed by atoms with Gasteiger partial charge in [-0.05, 0) is 43.4 Å².